The van der Waals surface area contributed by atoms with Crippen LogP contribution in [-0.2, 0) is 4.79 Å². The average molecular weight is 226 g/mol. The normalized spacial score (nSPS) is 27.3. The first-order chi connectivity index (χ1) is 7.81. The molecule has 2 heterocycles. The number of nitrogens with two attached hydrogens (primary N) is 1. The Morgan fingerprint density at radius 3 is 2.75 bits per heavy atom. The second-order valence-electron chi connectivity index (χ2n) is 4.65. The number of piperazine rings is 1. The van der Waals surface area contributed by atoms with Crippen molar-refractivity contribution in [2.45, 2.75) is 18.9 Å². The zero-order chi connectivity index (χ0) is 11.4. The fraction of sp³-hybridized carbons (Fsp3) is 0.909. The van der Waals surface area contributed by atoms with Crippen LogP contribution >= 0.6 is 0 Å². The molecule has 0 bridgehead atoms. The molecule has 3 N–H and O–H groups in total. The van der Waals surface area contributed by atoms with Crippen LogP contribution in [0.1, 0.15) is 12.8 Å². The van der Waals surface area contributed by atoms with Gasteiger partial charge in [0.2, 0.25) is 5.91 Å². The highest BCUT2D eigenvalue weighted by Crippen LogP contribution is 2.09. The topological polar surface area (TPSA) is 61.6 Å². The lowest BCUT2D eigenvalue weighted by molar-refractivity contribution is -0.132. The van der Waals surface area contributed by atoms with E-state index in [9.17, 15) is 4.79 Å². The highest BCUT2D eigenvalue weighted by Gasteiger charge is 2.25. The minimum absolute atomic E-state index is 0.276. The van der Waals surface area contributed by atoms with E-state index in [1.165, 1.54) is 0 Å². The van der Waals surface area contributed by atoms with Gasteiger partial charge in [0.05, 0.1) is 6.54 Å². The number of nitrogens with one attached hydrogen (secondary N) is 1. The third-order valence-electron chi connectivity index (χ3n) is 3.54. The number of hydrogen-bond donors (Lipinski definition) is 2. The standard InChI is InChI=1S/C11H22N4O/c12-7-10-8-13-3-6-15(10)9-11(16)14-4-1-2-5-14/h10,13H,1-9,12H2. The van der Waals surface area contributed by atoms with Gasteiger partial charge in [-0.2, -0.15) is 0 Å². The number of likely N-dealkylation sites (tertiary alicyclic amines) is 1. The van der Waals surface area contributed by atoms with Crippen LogP contribution < -0.4 is 11.1 Å². The molecule has 1 atom stereocenters. The summed E-state index contributed by atoms with van der Waals surface area (Å²) >= 11 is 0. The van der Waals surface area contributed by atoms with Crippen molar-refractivity contribution in [2.24, 2.45) is 5.73 Å². The van der Waals surface area contributed by atoms with Gasteiger partial charge in [0, 0.05) is 45.3 Å². The SMILES string of the molecule is NCC1CNCCN1CC(=O)N1CCCC1. The van der Waals surface area contributed by atoms with E-state index in [-0.39, 0.29) is 5.91 Å². The highest BCUT2D eigenvalue weighted by atomic mass is 16.2. The van der Waals surface area contributed by atoms with Crippen LogP contribution in [0.15, 0.2) is 0 Å². The molecule has 0 aliphatic carbocycles. The molecule has 1 unspecified atom stereocenters. The summed E-state index contributed by atoms with van der Waals surface area (Å²) in [7, 11) is 0. The number of rotatable bonds is 3. The molecule has 0 aromatic heterocycles. The fourth-order valence-electron chi connectivity index (χ4n) is 2.48. The molecular formula is C11H22N4O. The Bertz CT molecular complexity index is 240. The molecule has 92 valence electrons. The van der Waals surface area contributed by atoms with E-state index in [1.807, 2.05) is 4.90 Å². The van der Waals surface area contributed by atoms with Crippen molar-refractivity contribution in [1.82, 2.24) is 15.1 Å². The maximum Gasteiger partial charge on any atom is 0.236 e. The van der Waals surface area contributed by atoms with Gasteiger partial charge < -0.3 is 16.0 Å². The molecule has 5 heteroatoms. The molecule has 2 rings (SSSR count). The van der Waals surface area contributed by atoms with Crippen LogP contribution in [0.3, 0.4) is 0 Å². The van der Waals surface area contributed by atoms with Crippen LogP contribution in [-0.4, -0.2) is 67.6 Å². The molecule has 16 heavy (non-hydrogen) atoms. The minimum atomic E-state index is 0.276. The number of amides is 1. The maximum atomic E-state index is 12.0. The maximum absolute atomic E-state index is 12.0. The lowest BCUT2D eigenvalue weighted by Gasteiger charge is -2.35. The molecule has 0 radical (unpaired) electrons. The summed E-state index contributed by atoms with van der Waals surface area (Å²) in [5.41, 5.74) is 5.72. The molecule has 2 aliphatic rings. The third-order valence-corrected chi connectivity index (χ3v) is 3.54. The first-order valence-corrected chi connectivity index (χ1v) is 6.24. The van der Waals surface area contributed by atoms with E-state index in [0.717, 1.165) is 45.6 Å². The van der Waals surface area contributed by atoms with Gasteiger partial charge in [0.1, 0.15) is 0 Å². The summed E-state index contributed by atoms with van der Waals surface area (Å²) in [6.07, 6.45) is 2.32. The summed E-state index contributed by atoms with van der Waals surface area (Å²) < 4.78 is 0. The summed E-state index contributed by atoms with van der Waals surface area (Å²) in [5.74, 6) is 0.276. The second-order valence-corrected chi connectivity index (χ2v) is 4.65. The predicted octanol–water partition coefficient (Wildman–Crippen LogP) is -1.16. The van der Waals surface area contributed by atoms with E-state index in [1.54, 1.807) is 0 Å². The van der Waals surface area contributed by atoms with E-state index < -0.39 is 0 Å². The Kier molecular flexibility index (Phi) is 4.15. The first-order valence-electron chi connectivity index (χ1n) is 6.24. The highest BCUT2D eigenvalue weighted by molar-refractivity contribution is 5.78. The molecule has 0 spiro atoms. The Balaban J connectivity index is 1.84. The Morgan fingerprint density at radius 1 is 1.31 bits per heavy atom. The lowest BCUT2D eigenvalue weighted by atomic mass is 10.2. The van der Waals surface area contributed by atoms with Crippen molar-refractivity contribution in [3.05, 3.63) is 0 Å². The van der Waals surface area contributed by atoms with Crippen LogP contribution in [0.5, 0.6) is 0 Å². The molecular weight excluding hydrogens is 204 g/mol. The van der Waals surface area contributed by atoms with Gasteiger partial charge in [-0.3, -0.25) is 9.69 Å². The van der Waals surface area contributed by atoms with Crippen molar-refractivity contribution in [2.75, 3.05) is 45.8 Å². The molecule has 1 amide bonds. The van der Waals surface area contributed by atoms with Gasteiger partial charge in [0.15, 0.2) is 0 Å². The Labute approximate surface area is 96.9 Å². The molecule has 0 aromatic rings. The third kappa shape index (κ3) is 2.72. The van der Waals surface area contributed by atoms with Gasteiger partial charge in [-0.25, -0.2) is 0 Å². The molecule has 2 saturated heterocycles. The van der Waals surface area contributed by atoms with Crippen molar-refractivity contribution < 1.29 is 4.79 Å². The fourth-order valence-corrected chi connectivity index (χ4v) is 2.48. The molecule has 0 saturated carbocycles. The van der Waals surface area contributed by atoms with Gasteiger partial charge >= 0.3 is 0 Å². The zero-order valence-corrected chi connectivity index (χ0v) is 9.82. The number of hydrogen-bond acceptors (Lipinski definition) is 4. The van der Waals surface area contributed by atoms with E-state index in [2.05, 4.69) is 10.2 Å². The number of carbonyl (C=O) groups is 1. The van der Waals surface area contributed by atoms with Gasteiger partial charge in [0.25, 0.3) is 0 Å². The van der Waals surface area contributed by atoms with Crippen molar-refractivity contribution >= 4 is 5.91 Å². The number of nitrogens with zero attached hydrogens (tertiary/aromatic N) is 2. The quantitative estimate of drug-likeness (QED) is 0.637. The second kappa shape index (κ2) is 5.61. The lowest BCUT2D eigenvalue weighted by Crippen LogP contribution is -2.56. The summed E-state index contributed by atoms with van der Waals surface area (Å²) in [5, 5.41) is 3.31. The van der Waals surface area contributed by atoms with Crippen LogP contribution in [0.2, 0.25) is 0 Å². The Hall–Kier alpha value is -0.650. The minimum Gasteiger partial charge on any atom is -0.342 e. The summed E-state index contributed by atoms with van der Waals surface area (Å²) in [6.45, 7) is 5.86. The van der Waals surface area contributed by atoms with Gasteiger partial charge in [-0.05, 0) is 12.8 Å². The van der Waals surface area contributed by atoms with Crippen molar-refractivity contribution in [1.29, 1.82) is 0 Å². The van der Waals surface area contributed by atoms with Crippen molar-refractivity contribution in [3.8, 4) is 0 Å². The smallest absolute Gasteiger partial charge is 0.236 e. The largest absolute Gasteiger partial charge is 0.342 e. The Morgan fingerprint density at radius 2 is 2.06 bits per heavy atom. The number of carbonyl (C=O) groups excluding carboxylic acids is 1. The van der Waals surface area contributed by atoms with E-state index >= 15 is 0 Å². The van der Waals surface area contributed by atoms with Crippen molar-refractivity contribution in [3.63, 3.8) is 0 Å². The van der Waals surface area contributed by atoms with Crippen LogP contribution in [0.4, 0.5) is 0 Å². The first kappa shape index (κ1) is 11.8. The molecule has 2 aliphatic heterocycles. The monoisotopic (exact) mass is 226 g/mol. The summed E-state index contributed by atoms with van der Waals surface area (Å²) in [4.78, 5) is 16.2. The van der Waals surface area contributed by atoms with Gasteiger partial charge in [-0.1, -0.05) is 0 Å². The molecule has 5 nitrogen and oxygen atoms in total. The summed E-state index contributed by atoms with van der Waals surface area (Å²) in [6, 6.07) is 0.320. The molecule has 0 aromatic carbocycles. The van der Waals surface area contributed by atoms with Crippen LogP contribution in [0, 0.1) is 0 Å². The van der Waals surface area contributed by atoms with E-state index in [4.69, 9.17) is 5.73 Å². The predicted molar refractivity (Wildman–Crippen MR) is 63.1 cm³/mol. The van der Waals surface area contributed by atoms with Crippen LogP contribution in [0.25, 0.3) is 0 Å². The average Bonchev–Trinajstić information content (AvgIpc) is 2.83. The van der Waals surface area contributed by atoms with E-state index in [0.29, 0.717) is 19.1 Å². The molecule has 2 fully saturated rings. The van der Waals surface area contributed by atoms with Gasteiger partial charge in [-0.15, -0.1) is 0 Å². The zero-order valence-electron chi connectivity index (χ0n) is 9.82.